The Morgan fingerprint density at radius 2 is 1.75 bits per heavy atom. The van der Waals surface area contributed by atoms with Gasteiger partial charge in [0.05, 0.1) is 25.6 Å². The maximum Gasteiger partial charge on any atom is 0.472 e. The molecule has 7 atom stereocenters. The monoisotopic (exact) mass is 784 g/mol. The number of hydrogen-bond acceptors (Lipinski definition) is 12. The van der Waals surface area contributed by atoms with E-state index in [4.69, 9.17) is 14.8 Å². The van der Waals surface area contributed by atoms with Crippen molar-refractivity contribution in [1.29, 1.82) is 0 Å². The van der Waals surface area contributed by atoms with Gasteiger partial charge in [0.1, 0.15) is 30.2 Å². The molecule has 19 nitrogen and oxygen atoms in total. The summed E-state index contributed by atoms with van der Waals surface area (Å²) >= 11 is 1.42. The van der Waals surface area contributed by atoms with Crippen LogP contribution in [0.25, 0.3) is 0 Å². The number of likely N-dealkylation sites (tertiary alicyclic amines) is 1. The highest BCUT2D eigenvalue weighted by Crippen LogP contribution is 2.45. The van der Waals surface area contributed by atoms with Gasteiger partial charge < -0.3 is 46.9 Å². The van der Waals surface area contributed by atoms with Crippen LogP contribution in [-0.2, 0) is 55.2 Å². The van der Waals surface area contributed by atoms with Crippen LogP contribution in [0.2, 0.25) is 0 Å². The molecule has 0 radical (unpaired) electrons. The Balaban J connectivity index is 1.69. The standard InChI is InChI=1S/C32H49N8O11PS/c1-18(2)13-23(37-32(47)26-8-5-10-40(26)20(4)42)29(44)36-24(14-21-15-34-17-35-21)30(45)38-25(16-41)31(46)39-27(28(33)43)19(3)51-52(48,49)50-11-9-22-7-6-12-53-22/h6-7,12,15,17-19,23-27,41H,5,8-11,13-14,16H2,1-4H3,(H2,33,43)(H,34,35)(H,36,44)(H,37,47)(H,38,45)(H,39,46)(H,48,49)/t19-,23+,24+,25+,26+,27+/m1/s1. The molecule has 9 N–H and O–H groups in total. The third-order valence-electron chi connectivity index (χ3n) is 8.28. The molecule has 1 aliphatic rings. The molecule has 21 heteroatoms. The number of phosphoric ester groups is 1. The predicted molar refractivity (Wildman–Crippen MR) is 191 cm³/mol. The van der Waals surface area contributed by atoms with Crippen molar-refractivity contribution in [3.63, 3.8) is 0 Å². The molecule has 0 aromatic carbocycles. The van der Waals surface area contributed by atoms with E-state index >= 15 is 0 Å². The molecule has 1 aliphatic heterocycles. The molecule has 1 saturated heterocycles. The summed E-state index contributed by atoms with van der Waals surface area (Å²) in [6.07, 6.45) is 2.71. The van der Waals surface area contributed by atoms with Crippen molar-refractivity contribution in [2.45, 2.75) is 96.1 Å². The molecule has 3 heterocycles. The summed E-state index contributed by atoms with van der Waals surface area (Å²) in [4.78, 5) is 97.3. The van der Waals surface area contributed by atoms with Gasteiger partial charge in [-0.3, -0.25) is 37.8 Å². The minimum atomic E-state index is -4.72. The maximum atomic E-state index is 13.7. The van der Waals surface area contributed by atoms with E-state index in [0.29, 0.717) is 31.5 Å². The summed E-state index contributed by atoms with van der Waals surface area (Å²) in [5.41, 5.74) is 5.87. The van der Waals surface area contributed by atoms with Crippen LogP contribution in [0.1, 0.15) is 57.5 Å². The number of aromatic amines is 1. The molecule has 0 bridgehead atoms. The average Bonchev–Trinajstić information content (AvgIpc) is 3.88. The van der Waals surface area contributed by atoms with E-state index in [1.165, 1.54) is 42.6 Å². The number of hydrogen-bond donors (Lipinski definition) is 8. The van der Waals surface area contributed by atoms with Gasteiger partial charge in [0.15, 0.2) is 0 Å². The topological polar surface area (TPSA) is 284 Å². The van der Waals surface area contributed by atoms with Crippen molar-refractivity contribution in [3.8, 4) is 0 Å². The lowest BCUT2D eigenvalue weighted by Gasteiger charge is -2.28. The smallest absolute Gasteiger partial charge is 0.394 e. The number of aromatic nitrogens is 2. The fourth-order valence-electron chi connectivity index (χ4n) is 5.64. The Hall–Kier alpha value is -4.20. The number of primary amides is 1. The lowest BCUT2D eigenvalue weighted by Crippen LogP contribution is -2.61. The number of aliphatic hydroxyl groups excluding tert-OH is 1. The number of carbonyl (C=O) groups excluding carboxylic acids is 6. The van der Waals surface area contributed by atoms with Gasteiger partial charge in [-0.1, -0.05) is 19.9 Å². The van der Waals surface area contributed by atoms with Crippen molar-refractivity contribution in [2.24, 2.45) is 11.7 Å². The fourth-order valence-corrected chi connectivity index (χ4v) is 7.26. The SMILES string of the molecule is CC(=O)N1CCC[C@H]1C(=O)N[C@@H](CC(C)C)C(=O)N[C@@H](Cc1cnc[nH]1)C(=O)N[C@@H](CO)C(=O)N[C@H](C(N)=O)[C@@H](C)OP(=O)(O)OCCc1cccs1. The number of phosphoric acid groups is 1. The van der Waals surface area contributed by atoms with Gasteiger partial charge in [-0.25, -0.2) is 9.55 Å². The fraction of sp³-hybridized carbons (Fsp3) is 0.594. The first kappa shape index (κ1) is 43.2. The largest absolute Gasteiger partial charge is 0.472 e. The van der Waals surface area contributed by atoms with Crippen LogP contribution in [0.4, 0.5) is 0 Å². The minimum absolute atomic E-state index is 0.0667. The Morgan fingerprint density at radius 3 is 2.34 bits per heavy atom. The van der Waals surface area contributed by atoms with E-state index in [9.17, 15) is 43.3 Å². The predicted octanol–water partition coefficient (Wildman–Crippen LogP) is -0.748. The maximum absolute atomic E-state index is 13.7. The second kappa shape index (κ2) is 20.3. The molecule has 0 aliphatic carbocycles. The summed E-state index contributed by atoms with van der Waals surface area (Å²) in [7, 11) is -4.72. The van der Waals surface area contributed by atoms with Crippen molar-refractivity contribution < 1.29 is 52.4 Å². The van der Waals surface area contributed by atoms with Crippen molar-refractivity contribution >= 4 is 54.6 Å². The number of carbonyl (C=O) groups is 6. The highest BCUT2D eigenvalue weighted by molar-refractivity contribution is 7.47. The number of aliphatic hydroxyl groups is 1. The Bertz CT molecular complexity index is 1590. The van der Waals surface area contributed by atoms with Crippen LogP contribution in [-0.4, -0.2) is 116 Å². The van der Waals surface area contributed by atoms with E-state index < -0.39 is 80.3 Å². The van der Waals surface area contributed by atoms with Crippen molar-refractivity contribution in [3.05, 3.63) is 40.6 Å². The highest BCUT2D eigenvalue weighted by Gasteiger charge is 2.37. The number of nitrogens with zero attached hydrogens (tertiary/aromatic N) is 2. The average molecular weight is 785 g/mol. The first-order valence-electron chi connectivity index (χ1n) is 17.1. The van der Waals surface area contributed by atoms with Gasteiger partial charge >= 0.3 is 7.82 Å². The first-order valence-corrected chi connectivity index (χ1v) is 19.4. The van der Waals surface area contributed by atoms with Crippen LogP contribution >= 0.6 is 19.2 Å². The lowest BCUT2D eigenvalue weighted by molar-refractivity contribution is -0.139. The van der Waals surface area contributed by atoms with Crippen LogP contribution in [0.3, 0.4) is 0 Å². The summed E-state index contributed by atoms with van der Waals surface area (Å²) < 4.78 is 22.6. The van der Waals surface area contributed by atoms with E-state index in [1.54, 1.807) is 0 Å². The molecule has 0 saturated carbocycles. The second-order valence-corrected chi connectivity index (χ2v) is 15.4. The third-order valence-corrected chi connectivity index (χ3v) is 10.3. The molecule has 2 aromatic heterocycles. The third kappa shape index (κ3) is 13.6. The number of nitrogens with one attached hydrogen (secondary N) is 5. The Morgan fingerprint density at radius 1 is 1.08 bits per heavy atom. The van der Waals surface area contributed by atoms with Gasteiger partial charge in [-0.15, -0.1) is 11.3 Å². The molecular weight excluding hydrogens is 735 g/mol. The number of thiophene rings is 1. The number of imidazole rings is 1. The molecule has 3 rings (SSSR count). The van der Waals surface area contributed by atoms with Crippen LogP contribution in [0, 0.1) is 5.92 Å². The van der Waals surface area contributed by atoms with E-state index in [-0.39, 0.29) is 31.3 Å². The van der Waals surface area contributed by atoms with Gasteiger partial charge in [0, 0.05) is 43.1 Å². The van der Waals surface area contributed by atoms with Gasteiger partial charge in [0.2, 0.25) is 35.4 Å². The lowest BCUT2D eigenvalue weighted by atomic mass is 10.0. The molecule has 6 amide bonds. The minimum Gasteiger partial charge on any atom is -0.394 e. The molecule has 53 heavy (non-hydrogen) atoms. The first-order chi connectivity index (χ1) is 25.0. The zero-order valence-electron chi connectivity index (χ0n) is 30.0. The zero-order valence-corrected chi connectivity index (χ0v) is 31.7. The number of H-pyrrole nitrogens is 1. The molecule has 1 unspecified atom stereocenters. The Labute approximate surface area is 310 Å². The van der Waals surface area contributed by atoms with Crippen LogP contribution in [0.15, 0.2) is 30.0 Å². The number of amides is 6. The van der Waals surface area contributed by atoms with E-state index in [1.807, 2.05) is 31.4 Å². The highest BCUT2D eigenvalue weighted by atomic mass is 32.1. The summed E-state index contributed by atoms with van der Waals surface area (Å²) in [5.74, 6) is -4.73. The van der Waals surface area contributed by atoms with Crippen molar-refractivity contribution in [2.75, 3.05) is 19.8 Å². The quantitative estimate of drug-likeness (QED) is 0.0727. The zero-order chi connectivity index (χ0) is 39.3. The van der Waals surface area contributed by atoms with Gasteiger partial charge in [-0.2, -0.15) is 0 Å². The Kier molecular flexibility index (Phi) is 16.6. The van der Waals surface area contributed by atoms with E-state index in [0.717, 1.165) is 4.88 Å². The summed E-state index contributed by atoms with van der Waals surface area (Å²) in [5, 5.41) is 21.8. The van der Waals surface area contributed by atoms with Gasteiger partial charge in [-0.05, 0) is 43.6 Å². The number of rotatable bonds is 21. The molecule has 2 aromatic rings. The van der Waals surface area contributed by atoms with Crippen molar-refractivity contribution in [1.82, 2.24) is 36.1 Å². The molecule has 294 valence electrons. The van der Waals surface area contributed by atoms with Gasteiger partial charge in [0.25, 0.3) is 0 Å². The molecule has 1 fully saturated rings. The molecular formula is C32H49N8O11PS. The van der Waals surface area contributed by atoms with Crippen LogP contribution in [0.5, 0.6) is 0 Å². The normalized spacial score (nSPS) is 18.2. The molecule has 0 spiro atoms. The van der Waals surface area contributed by atoms with Crippen LogP contribution < -0.4 is 27.0 Å². The number of nitrogens with two attached hydrogens (primary N) is 1. The second-order valence-electron chi connectivity index (χ2n) is 13.0. The summed E-state index contributed by atoms with van der Waals surface area (Å²) in [6.45, 7) is 5.52. The van der Waals surface area contributed by atoms with E-state index in [2.05, 4.69) is 31.2 Å². The summed E-state index contributed by atoms with van der Waals surface area (Å²) in [6, 6.07) is -2.96.